The molecule has 16 heavy (non-hydrogen) atoms. The van der Waals surface area contributed by atoms with Crippen molar-refractivity contribution in [2.24, 2.45) is 0 Å². The van der Waals surface area contributed by atoms with E-state index in [0.29, 0.717) is 12.1 Å². The average molecular weight is 210 g/mol. The molecule has 0 aliphatic rings. The number of rotatable bonds is 3. The highest BCUT2D eigenvalue weighted by molar-refractivity contribution is 5.37. The third-order valence-corrected chi connectivity index (χ3v) is 2.11. The maximum atomic E-state index is 8.76. The number of anilines is 1. The van der Waals surface area contributed by atoms with Crippen LogP contribution in [0.4, 0.5) is 5.82 Å². The van der Waals surface area contributed by atoms with Crippen molar-refractivity contribution >= 4 is 5.82 Å². The van der Waals surface area contributed by atoms with Crippen molar-refractivity contribution in [1.29, 1.82) is 5.26 Å². The van der Waals surface area contributed by atoms with Crippen LogP contribution < -0.4 is 5.32 Å². The fourth-order valence-electron chi connectivity index (χ4n) is 1.34. The van der Waals surface area contributed by atoms with E-state index in [2.05, 4.69) is 21.4 Å². The maximum Gasteiger partial charge on any atom is 0.129 e. The lowest BCUT2D eigenvalue weighted by Crippen LogP contribution is -2.01. The average Bonchev–Trinajstić information content (AvgIpc) is 2.38. The number of aromatic nitrogens is 2. The van der Waals surface area contributed by atoms with Crippen LogP contribution in [0.25, 0.3) is 0 Å². The van der Waals surface area contributed by atoms with Gasteiger partial charge in [-0.1, -0.05) is 12.1 Å². The Labute approximate surface area is 93.6 Å². The van der Waals surface area contributed by atoms with Crippen molar-refractivity contribution in [3.05, 3.63) is 54.0 Å². The number of nitrogens with zero attached hydrogens (tertiary/aromatic N) is 3. The van der Waals surface area contributed by atoms with Gasteiger partial charge in [-0.25, -0.2) is 9.97 Å². The van der Waals surface area contributed by atoms with Crippen molar-refractivity contribution in [2.45, 2.75) is 6.54 Å². The predicted molar refractivity (Wildman–Crippen MR) is 60.5 cm³/mol. The van der Waals surface area contributed by atoms with E-state index in [-0.39, 0.29) is 0 Å². The minimum Gasteiger partial charge on any atom is -0.366 e. The summed E-state index contributed by atoms with van der Waals surface area (Å²) >= 11 is 0. The van der Waals surface area contributed by atoms with Crippen molar-refractivity contribution in [2.75, 3.05) is 5.32 Å². The van der Waals surface area contributed by atoms with Gasteiger partial charge in [0.1, 0.15) is 12.1 Å². The molecule has 0 fully saturated rings. The largest absolute Gasteiger partial charge is 0.366 e. The zero-order valence-corrected chi connectivity index (χ0v) is 8.59. The lowest BCUT2D eigenvalue weighted by Gasteiger charge is -2.04. The van der Waals surface area contributed by atoms with Crippen LogP contribution >= 0.6 is 0 Å². The van der Waals surface area contributed by atoms with Crippen LogP contribution in [0.2, 0.25) is 0 Å². The quantitative estimate of drug-likeness (QED) is 0.841. The van der Waals surface area contributed by atoms with E-state index in [0.717, 1.165) is 11.4 Å². The molecule has 0 amide bonds. The van der Waals surface area contributed by atoms with Gasteiger partial charge in [-0.2, -0.15) is 5.26 Å². The molecule has 0 aliphatic carbocycles. The first-order valence-corrected chi connectivity index (χ1v) is 4.87. The van der Waals surface area contributed by atoms with Crippen LogP contribution in [0.1, 0.15) is 11.1 Å². The highest BCUT2D eigenvalue weighted by Crippen LogP contribution is 2.07. The molecule has 1 N–H and O–H groups in total. The maximum absolute atomic E-state index is 8.76. The Morgan fingerprint density at radius 1 is 1.31 bits per heavy atom. The van der Waals surface area contributed by atoms with Crippen molar-refractivity contribution in [3.8, 4) is 6.07 Å². The van der Waals surface area contributed by atoms with Crippen molar-refractivity contribution < 1.29 is 0 Å². The van der Waals surface area contributed by atoms with Gasteiger partial charge in [-0.3, -0.25) is 0 Å². The summed E-state index contributed by atoms with van der Waals surface area (Å²) in [7, 11) is 0. The standard InChI is InChI=1S/C12H10N4/c13-7-10-2-1-3-11(6-10)8-15-12-4-5-14-9-16-12/h1-6,9H,8H2,(H,14,15,16). The monoisotopic (exact) mass is 210 g/mol. The summed E-state index contributed by atoms with van der Waals surface area (Å²) in [6.07, 6.45) is 3.18. The molecule has 1 aromatic heterocycles. The molecular formula is C12H10N4. The second-order valence-corrected chi connectivity index (χ2v) is 3.26. The highest BCUT2D eigenvalue weighted by atomic mass is 15.0. The molecule has 0 atom stereocenters. The van der Waals surface area contributed by atoms with Gasteiger partial charge < -0.3 is 5.32 Å². The molecule has 0 saturated heterocycles. The molecule has 0 spiro atoms. The van der Waals surface area contributed by atoms with E-state index in [1.54, 1.807) is 18.3 Å². The van der Waals surface area contributed by atoms with Crippen LogP contribution in [-0.4, -0.2) is 9.97 Å². The summed E-state index contributed by atoms with van der Waals surface area (Å²) in [6, 6.07) is 11.4. The predicted octanol–water partition coefficient (Wildman–Crippen LogP) is 1.96. The van der Waals surface area contributed by atoms with Gasteiger partial charge in [-0.05, 0) is 23.8 Å². The topological polar surface area (TPSA) is 61.6 Å². The van der Waals surface area contributed by atoms with Crippen LogP contribution in [-0.2, 0) is 6.54 Å². The summed E-state index contributed by atoms with van der Waals surface area (Å²) in [5, 5.41) is 11.9. The lowest BCUT2D eigenvalue weighted by atomic mass is 10.1. The smallest absolute Gasteiger partial charge is 0.129 e. The Hall–Kier alpha value is -2.41. The fourth-order valence-corrected chi connectivity index (χ4v) is 1.34. The van der Waals surface area contributed by atoms with Gasteiger partial charge in [0, 0.05) is 12.7 Å². The van der Waals surface area contributed by atoms with E-state index in [4.69, 9.17) is 5.26 Å². The number of hydrogen-bond acceptors (Lipinski definition) is 4. The van der Waals surface area contributed by atoms with Gasteiger partial charge in [0.2, 0.25) is 0 Å². The van der Waals surface area contributed by atoms with Gasteiger partial charge in [0.05, 0.1) is 11.6 Å². The summed E-state index contributed by atoms with van der Waals surface area (Å²) in [4.78, 5) is 7.88. The Bertz CT molecular complexity index is 502. The van der Waals surface area contributed by atoms with E-state index in [1.165, 1.54) is 6.33 Å². The Morgan fingerprint density at radius 2 is 2.25 bits per heavy atom. The Kier molecular flexibility index (Phi) is 3.10. The van der Waals surface area contributed by atoms with Crippen LogP contribution in [0.15, 0.2) is 42.9 Å². The van der Waals surface area contributed by atoms with E-state index in [9.17, 15) is 0 Å². The Balaban J connectivity index is 2.03. The zero-order chi connectivity index (χ0) is 11.2. The van der Waals surface area contributed by atoms with Crippen molar-refractivity contribution in [1.82, 2.24) is 9.97 Å². The van der Waals surface area contributed by atoms with E-state index < -0.39 is 0 Å². The molecular weight excluding hydrogens is 200 g/mol. The van der Waals surface area contributed by atoms with E-state index >= 15 is 0 Å². The molecule has 0 saturated carbocycles. The molecule has 2 rings (SSSR count). The molecule has 78 valence electrons. The van der Waals surface area contributed by atoms with Gasteiger partial charge in [0.15, 0.2) is 0 Å². The molecule has 0 unspecified atom stereocenters. The van der Waals surface area contributed by atoms with Gasteiger partial charge in [-0.15, -0.1) is 0 Å². The minimum absolute atomic E-state index is 0.645. The molecule has 2 aromatic rings. The molecule has 1 heterocycles. The SMILES string of the molecule is N#Cc1cccc(CNc2ccncn2)c1. The minimum atomic E-state index is 0.645. The first-order chi connectivity index (χ1) is 7.88. The number of hydrogen-bond donors (Lipinski definition) is 1. The summed E-state index contributed by atoms with van der Waals surface area (Å²) in [6.45, 7) is 0.645. The summed E-state index contributed by atoms with van der Waals surface area (Å²) < 4.78 is 0. The van der Waals surface area contributed by atoms with Crippen molar-refractivity contribution in [3.63, 3.8) is 0 Å². The number of nitrogens with one attached hydrogen (secondary N) is 1. The summed E-state index contributed by atoms with van der Waals surface area (Å²) in [5.41, 5.74) is 1.72. The zero-order valence-electron chi connectivity index (χ0n) is 8.59. The normalized spacial score (nSPS) is 9.44. The van der Waals surface area contributed by atoms with E-state index in [1.807, 2.05) is 18.2 Å². The highest BCUT2D eigenvalue weighted by Gasteiger charge is 1.96. The first kappa shape index (κ1) is 10.1. The molecule has 1 aromatic carbocycles. The molecule has 0 radical (unpaired) electrons. The van der Waals surface area contributed by atoms with Crippen LogP contribution in [0.5, 0.6) is 0 Å². The van der Waals surface area contributed by atoms with Crippen LogP contribution in [0.3, 0.4) is 0 Å². The molecule has 0 bridgehead atoms. The lowest BCUT2D eigenvalue weighted by molar-refractivity contribution is 1.08. The fraction of sp³-hybridized carbons (Fsp3) is 0.0833. The Morgan fingerprint density at radius 3 is 3.00 bits per heavy atom. The first-order valence-electron chi connectivity index (χ1n) is 4.87. The molecule has 4 heteroatoms. The number of benzene rings is 1. The molecule has 0 aliphatic heterocycles. The third kappa shape index (κ3) is 2.55. The number of nitriles is 1. The van der Waals surface area contributed by atoms with Gasteiger partial charge >= 0.3 is 0 Å². The second-order valence-electron chi connectivity index (χ2n) is 3.26. The second kappa shape index (κ2) is 4.89. The summed E-state index contributed by atoms with van der Waals surface area (Å²) in [5.74, 6) is 0.775. The third-order valence-electron chi connectivity index (χ3n) is 2.11. The van der Waals surface area contributed by atoms with Crippen LogP contribution in [0, 0.1) is 11.3 Å². The van der Waals surface area contributed by atoms with Gasteiger partial charge in [0.25, 0.3) is 0 Å². The molecule has 4 nitrogen and oxygen atoms in total.